The van der Waals surface area contributed by atoms with E-state index in [1.165, 1.54) is 0 Å². The minimum absolute atomic E-state index is 0.220. The van der Waals surface area contributed by atoms with E-state index in [0.717, 1.165) is 5.56 Å². The highest BCUT2D eigenvalue weighted by molar-refractivity contribution is 6.73. The lowest BCUT2D eigenvalue weighted by molar-refractivity contribution is -0.132. The molecule has 114 valence electrons. The zero-order chi connectivity index (χ0) is 16.0. The average Bonchev–Trinajstić information content (AvgIpc) is 2.44. The fourth-order valence-corrected chi connectivity index (χ4v) is 2.87. The largest absolute Gasteiger partial charge is 0.320 e. The minimum atomic E-state index is -1.74. The van der Waals surface area contributed by atoms with Crippen LogP contribution in [-0.4, -0.2) is 30.2 Å². The van der Waals surface area contributed by atoms with Crippen molar-refractivity contribution in [2.45, 2.75) is 46.5 Å². The van der Waals surface area contributed by atoms with E-state index in [-0.39, 0.29) is 17.9 Å². The van der Waals surface area contributed by atoms with Crippen LogP contribution in [0.5, 0.6) is 0 Å². The summed E-state index contributed by atoms with van der Waals surface area (Å²) in [5.41, 5.74) is 1.42. The monoisotopic (exact) mass is 304 g/mol. The van der Waals surface area contributed by atoms with E-state index in [2.05, 4.69) is 24.7 Å². The predicted molar refractivity (Wildman–Crippen MR) is 88.7 cm³/mol. The van der Waals surface area contributed by atoms with Crippen molar-refractivity contribution >= 4 is 25.5 Å². The third-order valence-electron chi connectivity index (χ3n) is 3.12. The Bertz CT molecular complexity index is 533. The summed E-state index contributed by atoms with van der Waals surface area (Å²) < 4.78 is 1.98. The molecule has 0 saturated heterocycles. The number of carbonyl (C=O) groups excluding carboxylic acids is 2. The predicted octanol–water partition coefficient (Wildman–Crippen LogP) is 3.25. The molecule has 0 bridgehead atoms. The van der Waals surface area contributed by atoms with Crippen molar-refractivity contribution in [2.24, 2.45) is 5.10 Å². The molecular formula is C16H24N2O2Si. The van der Waals surface area contributed by atoms with Crippen molar-refractivity contribution < 1.29 is 9.59 Å². The lowest BCUT2D eigenvalue weighted by atomic mass is 10.1. The van der Waals surface area contributed by atoms with E-state index in [0.29, 0.717) is 6.54 Å². The third-order valence-corrected chi connectivity index (χ3v) is 4.93. The van der Waals surface area contributed by atoms with Gasteiger partial charge in [0.1, 0.15) is 5.71 Å². The summed E-state index contributed by atoms with van der Waals surface area (Å²) >= 11 is 0. The fourth-order valence-electron chi connectivity index (χ4n) is 1.77. The zero-order valence-corrected chi connectivity index (χ0v) is 14.5. The first kappa shape index (κ1) is 17.3. The molecule has 0 unspecified atom stereocenters. The molecule has 1 aromatic carbocycles. The van der Waals surface area contributed by atoms with Gasteiger partial charge in [0.25, 0.3) is 0 Å². The molecule has 0 fully saturated rings. The van der Waals surface area contributed by atoms with Crippen molar-refractivity contribution in [3.05, 3.63) is 35.9 Å². The van der Waals surface area contributed by atoms with E-state index in [9.17, 15) is 9.59 Å². The first-order chi connectivity index (χ1) is 9.75. The van der Waals surface area contributed by atoms with Gasteiger partial charge >= 0.3 is 0 Å². The van der Waals surface area contributed by atoms with Crippen LogP contribution in [0.15, 0.2) is 35.4 Å². The SMILES string of the molecule is CCC(=O)C(=O)/C(C)=N/N(Cc1ccccc1)[Si](C)(C)C. The molecule has 0 aliphatic carbocycles. The molecule has 0 spiro atoms. The second kappa shape index (κ2) is 7.31. The second-order valence-corrected chi connectivity index (χ2v) is 10.9. The van der Waals surface area contributed by atoms with Crippen LogP contribution in [0, 0.1) is 0 Å². The molecule has 0 amide bonds. The van der Waals surface area contributed by atoms with Crippen LogP contribution in [0.2, 0.25) is 19.6 Å². The molecule has 0 saturated carbocycles. The maximum absolute atomic E-state index is 11.9. The van der Waals surface area contributed by atoms with Gasteiger partial charge in [-0.1, -0.05) is 56.9 Å². The highest BCUT2D eigenvalue weighted by Crippen LogP contribution is 2.15. The van der Waals surface area contributed by atoms with E-state index < -0.39 is 14.0 Å². The molecule has 21 heavy (non-hydrogen) atoms. The van der Waals surface area contributed by atoms with Gasteiger partial charge < -0.3 is 4.67 Å². The molecular weight excluding hydrogens is 280 g/mol. The maximum atomic E-state index is 11.9. The molecule has 0 radical (unpaired) electrons. The van der Waals surface area contributed by atoms with Crippen molar-refractivity contribution in [1.29, 1.82) is 0 Å². The van der Waals surface area contributed by atoms with Gasteiger partial charge in [-0.25, -0.2) is 0 Å². The van der Waals surface area contributed by atoms with Gasteiger partial charge in [-0.2, -0.15) is 5.10 Å². The average molecular weight is 304 g/mol. The van der Waals surface area contributed by atoms with Crippen LogP contribution >= 0.6 is 0 Å². The van der Waals surface area contributed by atoms with Crippen molar-refractivity contribution in [2.75, 3.05) is 0 Å². The number of ketones is 2. The van der Waals surface area contributed by atoms with Crippen LogP contribution in [-0.2, 0) is 16.1 Å². The van der Waals surface area contributed by atoms with Gasteiger partial charge in [-0.3, -0.25) is 9.59 Å². The Hall–Kier alpha value is -1.75. The summed E-state index contributed by atoms with van der Waals surface area (Å²) in [5, 5.41) is 4.45. The lowest BCUT2D eigenvalue weighted by Crippen LogP contribution is -2.43. The minimum Gasteiger partial charge on any atom is -0.320 e. The Labute approximate surface area is 127 Å². The number of hydrogen-bond donors (Lipinski definition) is 0. The van der Waals surface area contributed by atoms with Crippen molar-refractivity contribution in [3.63, 3.8) is 0 Å². The third kappa shape index (κ3) is 5.26. The first-order valence-corrected chi connectivity index (χ1v) is 10.6. The molecule has 0 aliphatic rings. The Morgan fingerprint density at radius 1 is 1.14 bits per heavy atom. The highest BCUT2D eigenvalue weighted by atomic mass is 28.3. The summed E-state index contributed by atoms with van der Waals surface area (Å²) in [7, 11) is -1.74. The summed E-state index contributed by atoms with van der Waals surface area (Å²) in [6.45, 7) is 10.5. The summed E-state index contributed by atoms with van der Waals surface area (Å²) in [5.74, 6) is -0.861. The molecule has 0 heterocycles. The summed E-state index contributed by atoms with van der Waals surface area (Å²) in [6.07, 6.45) is 0.220. The van der Waals surface area contributed by atoms with Crippen molar-refractivity contribution in [1.82, 2.24) is 4.67 Å². The number of rotatable bonds is 7. The quantitative estimate of drug-likeness (QED) is 0.336. The number of hydrazone groups is 1. The van der Waals surface area contributed by atoms with E-state index in [4.69, 9.17) is 0 Å². The molecule has 0 aromatic heterocycles. The van der Waals surface area contributed by atoms with Crippen LogP contribution in [0.3, 0.4) is 0 Å². The molecule has 1 aromatic rings. The molecule has 5 heteroatoms. The fraction of sp³-hybridized carbons (Fsp3) is 0.438. The molecule has 0 atom stereocenters. The Balaban J connectivity index is 2.99. The number of carbonyl (C=O) groups is 2. The number of nitrogens with zero attached hydrogens (tertiary/aromatic N) is 2. The Morgan fingerprint density at radius 3 is 2.19 bits per heavy atom. The summed E-state index contributed by atoms with van der Waals surface area (Å²) in [4.78, 5) is 23.4. The zero-order valence-electron chi connectivity index (χ0n) is 13.5. The van der Waals surface area contributed by atoms with Crippen LogP contribution in [0.25, 0.3) is 0 Å². The van der Waals surface area contributed by atoms with Crippen LogP contribution in [0.4, 0.5) is 0 Å². The molecule has 0 aliphatic heterocycles. The van der Waals surface area contributed by atoms with E-state index in [1.807, 2.05) is 35.0 Å². The van der Waals surface area contributed by atoms with Gasteiger partial charge in [0, 0.05) is 6.42 Å². The maximum Gasteiger partial charge on any atom is 0.244 e. The normalized spacial score (nSPS) is 12.1. The van der Waals surface area contributed by atoms with E-state index in [1.54, 1.807) is 13.8 Å². The topological polar surface area (TPSA) is 49.7 Å². The molecule has 1 rings (SSSR count). The number of hydrogen-bond acceptors (Lipinski definition) is 4. The smallest absolute Gasteiger partial charge is 0.244 e. The van der Waals surface area contributed by atoms with Crippen molar-refractivity contribution in [3.8, 4) is 0 Å². The standard InChI is InChI=1S/C16H24N2O2Si/c1-6-15(19)16(20)13(2)17-18(21(3,4)5)12-14-10-8-7-9-11-14/h7-11H,6,12H2,1-5H3/b17-13+. The van der Waals surface area contributed by atoms with Gasteiger partial charge in [0.05, 0.1) is 6.54 Å². The van der Waals surface area contributed by atoms with Crippen LogP contribution < -0.4 is 0 Å². The van der Waals surface area contributed by atoms with Gasteiger partial charge in [0.2, 0.25) is 11.6 Å². The second-order valence-electron chi connectivity index (χ2n) is 6.01. The van der Waals surface area contributed by atoms with Gasteiger partial charge in [-0.05, 0) is 12.5 Å². The Morgan fingerprint density at radius 2 is 1.71 bits per heavy atom. The van der Waals surface area contributed by atoms with Gasteiger partial charge in [0.15, 0.2) is 8.24 Å². The summed E-state index contributed by atoms with van der Waals surface area (Å²) in [6, 6.07) is 10.0. The van der Waals surface area contributed by atoms with Crippen LogP contribution in [0.1, 0.15) is 25.8 Å². The number of benzene rings is 1. The van der Waals surface area contributed by atoms with Gasteiger partial charge in [-0.15, -0.1) is 0 Å². The van der Waals surface area contributed by atoms with E-state index >= 15 is 0 Å². The first-order valence-electron chi connectivity index (χ1n) is 7.20. The molecule has 0 N–H and O–H groups in total. The number of Topliss-reactive ketones (excluding diaryl/α,β-unsaturated/α-hetero) is 2. The highest BCUT2D eigenvalue weighted by Gasteiger charge is 2.25. The Kier molecular flexibility index (Phi) is 6.02. The lowest BCUT2D eigenvalue weighted by Gasteiger charge is -2.32. The molecule has 4 nitrogen and oxygen atoms in total.